The molecule has 0 radical (unpaired) electrons. The third-order valence-electron chi connectivity index (χ3n) is 15.7. The van der Waals surface area contributed by atoms with Gasteiger partial charge < -0.3 is 28.4 Å². The van der Waals surface area contributed by atoms with E-state index >= 15 is 14.0 Å². The van der Waals surface area contributed by atoms with Crippen LogP contribution in [0.5, 0.6) is 0 Å². The number of hydrogen-bond donors (Lipinski definition) is 1. The Morgan fingerprint density at radius 3 is 2.26 bits per heavy atom. The van der Waals surface area contributed by atoms with Gasteiger partial charge in [-0.05, 0) is 117 Å². The minimum absolute atomic E-state index is 0.0169. The first-order valence-electron chi connectivity index (χ1n) is 24.6. The van der Waals surface area contributed by atoms with Gasteiger partial charge in [-0.3, -0.25) is 23.4 Å². The van der Waals surface area contributed by atoms with Crippen molar-refractivity contribution < 1.29 is 27.7 Å². The SMILES string of the molecule is CCP(=O)(CC)c1ccc(-n2ccn(-c3c4c(nn3-c3cc(C)c(F)c(C)c3)CCN(C(=O)c3cc5cc(C6CCOCC6)ccc5n3[C@@]3(c5noc(=O)[nH]5)C[C@@H]3C)[C@H]4C)c2=O)cc1N1CCOCC1. The molecule has 1 saturated carbocycles. The summed E-state index contributed by atoms with van der Waals surface area (Å²) < 4.78 is 52.9. The number of imidazole rings is 1. The van der Waals surface area contributed by atoms with Gasteiger partial charge in [-0.2, -0.15) is 5.10 Å². The van der Waals surface area contributed by atoms with Crippen LogP contribution in [0.25, 0.3) is 28.1 Å². The van der Waals surface area contributed by atoms with E-state index in [2.05, 4.69) is 44.7 Å². The van der Waals surface area contributed by atoms with Crippen molar-refractivity contribution in [2.75, 3.05) is 63.3 Å². The summed E-state index contributed by atoms with van der Waals surface area (Å²) in [4.78, 5) is 50.1. The zero-order valence-electron chi connectivity index (χ0n) is 40.5. The van der Waals surface area contributed by atoms with E-state index in [1.807, 2.05) is 49.9 Å². The summed E-state index contributed by atoms with van der Waals surface area (Å²) in [5.74, 6) is -0.0546. The molecule has 11 rings (SSSR count). The molecule has 3 fully saturated rings. The van der Waals surface area contributed by atoms with Crippen LogP contribution in [-0.2, 0) is 26.0 Å². The van der Waals surface area contributed by atoms with Crippen molar-refractivity contribution in [3.8, 4) is 17.2 Å². The van der Waals surface area contributed by atoms with Crippen molar-refractivity contribution in [1.29, 1.82) is 0 Å². The Morgan fingerprint density at radius 2 is 1.59 bits per heavy atom. The zero-order chi connectivity index (χ0) is 48.8. The molecule has 4 aromatic heterocycles. The molecule has 7 heterocycles. The number of H-pyrrole nitrogens is 1. The van der Waals surface area contributed by atoms with Crippen molar-refractivity contribution in [3.63, 3.8) is 0 Å². The molecule has 1 aliphatic carbocycles. The third-order valence-corrected chi connectivity index (χ3v) is 19.0. The molecule has 1 amide bonds. The second-order valence-electron chi connectivity index (χ2n) is 19.6. The van der Waals surface area contributed by atoms with Crippen LogP contribution < -0.4 is 21.7 Å². The summed E-state index contributed by atoms with van der Waals surface area (Å²) in [6.45, 7) is 15.5. The van der Waals surface area contributed by atoms with Crippen LogP contribution in [-0.4, -0.2) is 103 Å². The number of morpholine rings is 1. The number of amides is 1. The van der Waals surface area contributed by atoms with E-state index in [-0.39, 0.29) is 23.3 Å². The van der Waals surface area contributed by atoms with Gasteiger partial charge in [0.05, 0.1) is 36.3 Å². The van der Waals surface area contributed by atoms with Gasteiger partial charge in [0.25, 0.3) is 5.91 Å². The number of rotatable bonds is 11. The summed E-state index contributed by atoms with van der Waals surface area (Å²) >= 11 is 0. The maximum atomic E-state index is 15.6. The molecule has 0 unspecified atom stereocenters. The fourth-order valence-electron chi connectivity index (χ4n) is 11.6. The summed E-state index contributed by atoms with van der Waals surface area (Å²) in [7, 11) is -2.72. The van der Waals surface area contributed by atoms with Gasteiger partial charge in [-0.1, -0.05) is 32.0 Å². The first-order chi connectivity index (χ1) is 33.8. The van der Waals surface area contributed by atoms with E-state index < -0.39 is 24.5 Å². The molecule has 4 aliphatic rings. The lowest BCUT2D eigenvalue weighted by Gasteiger charge is -2.34. The Balaban J connectivity index is 1.05. The molecular formula is C52H59FN9O7P. The Hall–Kier alpha value is -6.29. The van der Waals surface area contributed by atoms with Gasteiger partial charge >= 0.3 is 11.4 Å². The number of benzene rings is 3. The summed E-state index contributed by atoms with van der Waals surface area (Å²) in [6, 6.07) is 17.0. The fraction of sp³-hybridized carbons (Fsp3) is 0.442. The predicted octanol–water partition coefficient (Wildman–Crippen LogP) is 7.50. The number of fused-ring (bicyclic) bond motifs is 2. The molecule has 70 heavy (non-hydrogen) atoms. The van der Waals surface area contributed by atoms with E-state index in [1.54, 1.807) is 52.2 Å². The van der Waals surface area contributed by atoms with E-state index in [0.29, 0.717) is 128 Å². The number of nitrogens with zero attached hydrogens (tertiary/aromatic N) is 8. The average Bonchev–Trinajstić information content (AvgIpc) is 3.88. The Kier molecular flexibility index (Phi) is 11.5. The summed E-state index contributed by atoms with van der Waals surface area (Å²) in [6.07, 6.45) is 7.31. The van der Waals surface area contributed by atoms with Crippen molar-refractivity contribution in [2.24, 2.45) is 5.92 Å². The lowest BCUT2D eigenvalue weighted by molar-refractivity contribution is 0.0663. The number of nitrogens with one attached hydrogen (secondary N) is 1. The van der Waals surface area contributed by atoms with Crippen LogP contribution in [0.15, 0.2) is 81.1 Å². The number of aryl methyl sites for hydroxylation is 2. The van der Waals surface area contributed by atoms with Crippen molar-refractivity contribution in [3.05, 3.63) is 133 Å². The van der Waals surface area contributed by atoms with Gasteiger partial charge in [0.15, 0.2) is 5.82 Å². The van der Waals surface area contributed by atoms with E-state index in [9.17, 15) is 9.36 Å². The van der Waals surface area contributed by atoms with Crippen molar-refractivity contribution in [1.82, 2.24) is 38.5 Å². The van der Waals surface area contributed by atoms with E-state index in [0.717, 1.165) is 34.7 Å². The molecule has 366 valence electrons. The van der Waals surface area contributed by atoms with E-state index in [4.69, 9.17) is 19.1 Å². The zero-order valence-corrected chi connectivity index (χ0v) is 41.4. The standard InChI is InChI=1S/C52H59FN9O7P/c1-7-70(66,8-2)44-12-10-38(29-42(44)57-19-23-68-24-20-57)59-17-18-60(51(59)65)47-45-34(6)58(16-13-40(45)55-62(47)39-25-31(3)46(53)32(4)26-39)48(63)43-28-37-27-36(35-14-21-67-22-15-35)9-11-41(37)61(43)52(30-33(52)5)49-54-50(64)69-56-49/h9-12,17-18,25-29,33-35H,7-8,13-16,19-24,30H2,1-6H3,(H,54,56,64)/t33-,34-,52-/m0/s1. The molecule has 18 heteroatoms. The predicted molar refractivity (Wildman–Crippen MR) is 265 cm³/mol. The molecule has 0 spiro atoms. The van der Waals surface area contributed by atoms with Gasteiger partial charge in [0.2, 0.25) is 0 Å². The molecule has 3 atom stereocenters. The van der Waals surface area contributed by atoms with Crippen LogP contribution in [0.3, 0.4) is 0 Å². The largest absolute Gasteiger partial charge is 0.438 e. The van der Waals surface area contributed by atoms with Crippen molar-refractivity contribution >= 4 is 34.9 Å². The minimum atomic E-state index is -2.72. The van der Waals surface area contributed by atoms with E-state index in [1.165, 1.54) is 5.56 Å². The number of aromatic amines is 1. The Morgan fingerprint density at radius 1 is 0.886 bits per heavy atom. The molecule has 16 nitrogen and oxygen atoms in total. The van der Waals surface area contributed by atoms with Crippen LogP contribution in [0, 0.1) is 25.6 Å². The maximum Gasteiger partial charge on any atom is 0.438 e. The van der Waals surface area contributed by atoms with Gasteiger partial charge in [-0.15, -0.1) is 0 Å². The third kappa shape index (κ3) is 7.37. The number of ether oxygens (including phenoxy) is 2. The summed E-state index contributed by atoms with van der Waals surface area (Å²) in [5.41, 5.74) is 5.55. The van der Waals surface area contributed by atoms with Crippen LogP contribution >= 0.6 is 7.14 Å². The highest BCUT2D eigenvalue weighted by atomic mass is 31.2. The van der Waals surface area contributed by atoms with Gasteiger partial charge in [0, 0.05) is 91.4 Å². The molecule has 7 aromatic rings. The molecule has 3 aliphatic heterocycles. The maximum absolute atomic E-state index is 15.6. The number of carbonyl (C=O) groups is 1. The Bertz CT molecular complexity index is 3340. The monoisotopic (exact) mass is 971 g/mol. The van der Waals surface area contributed by atoms with Gasteiger partial charge in [0.1, 0.15) is 30.0 Å². The molecular weight excluding hydrogens is 913 g/mol. The Labute approximate surface area is 404 Å². The number of aromatic nitrogens is 7. The highest BCUT2D eigenvalue weighted by molar-refractivity contribution is 7.71. The fourth-order valence-corrected chi connectivity index (χ4v) is 13.7. The highest BCUT2D eigenvalue weighted by Crippen LogP contribution is 2.56. The topological polar surface area (TPSA) is 168 Å². The summed E-state index contributed by atoms with van der Waals surface area (Å²) in [5, 5.41) is 11.1. The average molecular weight is 972 g/mol. The molecule has 0 bridgehead atoms. The normalized spacial score (nSPS) is 20.9. The lowest BCUT2D eigenvalue weighted by Crippen LogP contribution is -2.41. The van der Waals surface area contributed by atoms with Crippen LogP contribution in [0.4, 0.5) is 10.1 Å². The lowest BCUT2D eigenvalue weighted by atomic mass is 9.91. The number of halogens is 1. The van der Waals surface area contributed by atoms with Crippen molar-refractivity contribution in [2.45, 2.75) is 84.7 Å². The number of hydrogen-bond acceptors (Lipinski definition) is 10. The second-order valence-corrected chi connectivity index (χ2v) is 23.1. The minimum Gasteiger partial charge on any atom is -0.381 e. The first-order valence-corrected chi connectivity index (χ1v) is 26.7. The number of carbonyl (C=O) groups excluding carboxylic acids is 1. The first kappa shape index (κ1) is 46.1. The van der Waals surface area contributed by atoms with Gasteiger partial charge in [-0.25, -0.2) is 18.7 Å². The molecule has 1 N–H and O–H groups in total. The molecule has 3 aromatic carbocycles. The number of anilines is 1. The van der Waals surface area contributed by atoms with Crippen LogP contribution in [0.2, 0.25) is 0 Å². The smallest absolute Gasteiger partial charge is 0.381 e. The van der Waals surface area contributed by atoms with Crippen LogP contribution in [0.1, 0.15) is 103 Å². The molecule has 2 saturated heterocycles. The highest BCUT2D eigenvalue weighted by Gasteiger charge is 2.59. The second kappa shape index (κ2) is 17.5. The quantitative estimate of drug-likeness (QED) is 0.128.